The van der Waals surface area contributed by atoms with E-state index in [2.05, 4.69) is 10.3 Å². The van der Waals surface area contributed by atoms with E-state index in [4.69, 9.17) is 4.74 Å². The summed E-state index contributed by atoms with van der Waals surface area (Å²) in [4.78, 5) is 42.8. The van der Waals surface area contributed by atoms with Crippen molar-refractivity contribution in [3.8, 4) is 0 Å². The molecule has 0 radical (unpaired) electrons. The molecule has 0 aliphatic heterocycles. The van der Waals surface area contributed by atoms with Gasteiger partial charge in [0, 0.05) is 18.7 Å². The summed E-state index contributed by atoms with van der Waals surface area (Å²) in [5.41, 5.74) is 2.70. The van der Waals surface area contributed by atoms with Crippen molar-refractivity contribution < 1.29 is 14.3 Å². The molecule has 3 aromatic carbocycles. The Morgan fingerprint density at radius 2 is 1.67 bits per heavy atom. The van der Waals surface area contributed by atoms with Gasteiger partial charge in [-0.2, -0.15) is 0 Å². The van der Waals surface area contributed by atoms with Crippen LogP contribution in [0.2, 0.25) is 0 Å². The molecule has 1 amide bonds. The normalized spacial score (nSPS) is 10.8. The average Bonchev–Trinajstić information content (AvgIpc) is 2.91. The molecule has 0 unspecified atom stereocenters. The van der Waals surface area contributed by atoms with Crippen LogP contribution in [-0.4, -0.2) is 33.8 Å². The molecule has 4 aromatic rings. The topological polar surface area (TPSA) is 90.3 Å². The number of aryl methyl sites for hydroxylation is 1. The van der Waals surface area contributed by atoms with Crippen LogP contribution in [0.4, 0.5) is 0 Å². The van der Waals surface area contributed by atoms with Crippen LogP contribution in [0.1, 0.15) is 28.4 Å². The Morgan fingerprint density at radius 3 is 2.36 bits per heavy atom. The second-order valence-electron chi connectivity index (χ2n) is 8.08. The summed E-state index contributed by atoms with van der Waals surface area (Å²) in [5, 5.41) is 3.73. The highest BCUT2D eigenvalue weighted by Crippen LogP contribution is 2.20. The molecule has 1 N–H and O–H groups in total. The van der Waals surface area contributed by atoms with Crippen LogP contribution in [0.3, 0.4) is 0 Å². The summed E-state index contributed by atoms with van der Waals surface area (Å²) in [6.07, 6.45) is 0.640. The van der Waals surface area contributed by atoms with Gasteiger partial charge in [-0.25, -0.2) is 4.98 Å². The van der Waals surface area contributed by atoms with Crippen LogP contribution in [0, 0.1) is 0 Å². The van der Waals surface area contributed by atoms with Gasteiger partial charge in [0.25, 0.3) is 11.5 Å². The number of ether oxygens (including phenoxy) is 1. The van der Waals surface area contributed by atoms with E-state index in [9.17, 15) is 14.4 Å². The van der Waals surface area contributed by atoms with Crippen molar-refractivity contribution in [1.82, 2.24) is 14.9 Å². The Bertz CT molecular complexity index is 1410. The monoisotopic (exact) mass is 501 g/mol. The first-order valence-corrected chi connectivity index (χ1v) is 12.7. The summed E-state index contributed by atoms with van der Waals surface area (Å²) in [7, 11) is 0. The summed E-state index contributed by atoms with van der Waals surface area (Å²) in [5.74, 6) is -0.592. The van der Waals surface area contributed by atoms with E-state index in [0.717, 1.165) is 22.9 Å². The van der Waals surface area contributed by atoms with Crippen LogP contribution in [0.25, 0.3) is 10.9 Å². The molecule has 36 heavy (non-hydrogen) atoms. The number of esters is 1. The van der Waals surface area contributed by atoms with Crippen LogP contribution in [0.15, 0.2) is 88.8 Å². The number of rotatable bonds is 10. The lowest BCUT2D eigenvalue weighted by molar-refractivity contribution is -0.139. The molecule has 0 saturated heterocycles. The molecule has 0 aliphatic carbocycles. The lowest BCUT2D eigenvalue weighted by Gasteiger charge is -2.14. The largest absolute Gasteiger partial charge is 0.465 e. The lowest BCUT2D eigenvalue weighted by atomic mass is 10.1. The second-order valence-corrected chi connectivity index (χ2v) is 9.02. The third kappa shape index (κ3) is 6.40. The van der Waals surface area contributed by atoms with Gasteiger partial charge >= 0.3 is 5.97 Å². The number of amides is 1. The van der Waals surface area contributed by atoms with Crippen molar-refractivity contribution in [2.24, 2.45) is 0 Å². The third-order valence-corrected chi connectivity index (χ3v) is 6.52. The summed E-state index contributed by atoms with van der Waals surface area (Å²) in [6.45, 7) is 2.84. The van der Waals surface area contributed by atoms with Gasteiger partial charge < -0.3 is 10.1 Å². The number of hydrogen-bond acceptors (Lipinski definition) is 6. The summed E-state index contributed by atoms with van der Waals surface area (Å²) in [6, 6.07) is 24.4. The van der Waals surface area contributed by atoms with Crippen molar-refractivity contribution in [2.45, 2.75) is 31.6 Å². The van der Waals surface area contributed by atoms with Gasteiger partial charge in [-0.05, 0) is 42.7 Å². The minimum Gasteiger partial charge on any atom is -0.465 e. The van der Waals surface area contributed by atoms with Gasteiger partial charge in [-0.1, -0.05) is 72.4 Å². The van der Waals surface area contributed by atoms with Gasteiger partial charge in [0.2, 0.25) is 0 Å². The first-order valence-electron chi connectivity index (χ1n) is 11.7. The second kappa shape index (κ2) is 12.2. The molecule has 0 spiro atoms. The summed E-state index contributed by atoms with van der Waals surface area (Å²) >= 11 is 1.16. The van der Waals surface area contributed by atoms with Gasteiger partial charge in [0.1, 0.15) is 0 Å². The zero-order valence-electron chi connectivity index (χ0n) is 20.0. The maximum Gasteiger partial charge on any atom is 0.316 e. The molecule has 0 atom stereocenters. The number of thioether (sulfide) groups is 1. The Kier molecular flexibility index (Phi) is 8.52. The van der Waals surface area contributed by atoms with E-state index in [-0.39, 0.29) is 29.8 Å². The zero-order chi connectivity index (χ0) is 25.3. The molecule has 7 nitrogen and oxygen atoms in total. The smallest absolute Gasteiger partial charge is 0.316 e. The maximum absolute atomic E-state index is 13.4. The van der Waals surface area contributed by atoms with Crippen LogP contribution >= 0.6 is 11.8 Å². The minimum absolute atomic E-state index is 0.0361. The van der Waals surface area contributed by atoms with Gasteiger partial charge in [-0.3, -0.25) is 19.0 Å². The number of benzene rings is 3. The van der Waals surface area contributed by atoms with E-state index in [1.54, 1.807) is 29.7 Å². The molecule has 0 bridgehead atoms. The number of carbonyl (C=O) groups excluding carboxylic acids is 2. The number of nitrogens with one attached hydrogen (secondary N) is 1. The predicted molar refractivity (Wildman–Crippen MR) is 141 cm³/mol. The highest BCUT2D eigenvalue weighted by Gasteiger charge is 2.16. The fourth-order valence-corrected chi connectivity index (χ4v) is 4.56. The molecule has 8 heteroatoms. The van der Waals surface area contributed by atoms with Crippen molar-refractivity contribution in [3.05, 3.63) is 106 Å². The molecule has 0 fully saturated rings. The molecule has 184 valence electrons. The Balaban J connectivity index is 1.62. The lowest BCUT2D eigenvalue weighted by Crippen LogP contribution is -2.26. The summed E-state index contributed by atoms with van der Waals surface area (Å²) < 4.78 is 6.63. The number of fused-ring (bicyclic) bond motifs is 1. The number of aromatic nitrogens is 2. The molecule has 4 rings (SSSR count). The Hall–Kier alpha value is -3.91. The van der Waals surface area contributed by atoms with Crippen molar-refractivity contribution >= 4 is 34.5 Å². The molecule has 1 aromatic heterocycles. The number of nitrogens with zero attached hydrogens (tertiary/aromatic N) is 2. The van der Waals surface area contributed by atoms with E-state index in [1.807, 2.05) is 60.7 Å². The molecule has 0 saturated carbocycles. The fraction of sp³-hybridized carbons (Fsp3) is 0.214. The Morgan fingerprint density at radius 1 is 0.972 bits per heavy atom. The fourth-order valence-electron chi connectivity index (χ4n) is 3.74. The van der Waals surface area contributed by atoms with Crippen LogP contribution < -0.4 is 10.9 Å². The van der Waals surface area contributed by atoms with E-state index in [0.29, 0.717) is 41.1 Å². The van der Waals surface area contributed by atoms with Crippen molar-refractivity contribution in [3.63, 3.8) is 0 Å². The van der Waals surface area contributed by atoms with Crippen LogP contribution in [0.5, 0.6) is 0 Å². The van der Waals surface area contributed by atoms with Crippen molar-refractivity contribution in [2.75, 3.05) is 12.4 Å². The molecule has 0 aliphatic rings. The minimum atomic E-state index is -0.375. The molecule has 1 heterocycles. The Labute approximate surface area is 213 Å². The van der Waals surface area contributed by atoms with Gasteiger partial charge in [0.05, 0.1) is 23.3 Å². The standard InChI is InChI=1S/C28H27N3O4S/c1-2-35-25(32)19-36-28-30-24-17-22(26(33)29-18-21-11-7-4-8-12-21)13-14-23(24)27(34)31(28)16-15-20-9-5-3-6-10-20/h3-14,17H,2,15-16,18-19H2,1H3,(H,29,33). The third-order valence-electron chi connectivity index (χ3n) is 5.57. The highest BCUT2D eigenvalue weighted by atomic mass is 32.2. The van der Waals surface area contributed by atoms with Crippen molar-refractivity contribution in [1.29, 1.82) is 0 Å². The maximum atomic E-state index is 13.4. The first kappa shape index (κ1) is 25.2. The van der Waals surface area contributed by atoms with Gasteiger partial charge in [0.15, 0.2) is 5.16 Å². The molecular weight excluding hydrogens is 474 g/mol. The van der Waals surface area contributed by atoms with E-state index >= 15 is 0 Å². The predicted octanol–water partition coefficient (Wildman–Crippen LogP) is 4.22. The van der Waals surface area contributed by atoms with Gasteiger partial charge in [-0.15, -0.1) is 0 Å². The number of carbonyl (C=O) groups is 2. The van der Waals surface area contributed by atoms with E-state index in [1.165, 1.54) is 0 Å². The first-order chi connectivity index (χ1) is 17.5. The van der Waals surface area contributed by atoms with E-state index < -0.39 is 0 Å². The van der Waals surface area contributed by atoms with Crippen LogP contribution in [-0.2, 0) is 29.0 Å². The SMILES string of the molecule is CCOC(=O)CSc1nc2cc(C(=O)NCc3ccccc3)ccc2c(=O)n1CCc1ccccc1. The average molecular weight is 502 g/mol. The highest BCUT2D eigenvalue weighted by molar-refractivity contribution is 7.99. The zero-order valence-corrected chi connectivity index (χ0v) is 20.8. The number of hydrogen-bond donors (Lipinski definition) is 1. The molecular formula is C28H27N3O4S. The quantitative estimate of drug-likeness (QED) is 0.199.